The molecule has 4 N–H and O–H groups in total. The van der Waals surface area contributed by atoms with Crippen LogP contribution >= 0.6 is 0 Å². The van der Waals surface area contributed by atoms with E-state index < -0.39 is 11.4 Å². The van der Waals surface area contributed by atoms with Crippen molar-refractivity contribution in [3.05, 3.63) is 70.9 Å². The molecular weight excluding hydrogens is 510 g/mol. The molecule has 4 aliphatic rings. The van der Waals surface area contributed by atoms with Crippen molar-refractivity contribution in [3.8, 4) is 11.5 Å². The summed E-state index contributed by atoms with van der Waals surface area (Å²) in [6.45, 7) is 11.7. The number of hydrogen-bond acceptors (Lipinski definition) is 3. The fourth-order valence-corrected chi connectivity index (χ4v) is 10.2. The van der Waals surface area contributed by atoms with Gasteiger partial charge >= 0.3 is 5.97 Å². The summed E-state index contributed by atoms with van der Waals surface area (Å²) in [6, 6.07) is 12.0. The molecule has 3 aromatic rings. The van der Waals surface area contributed by atoms with Crippen molar-refractivity contribution in [1.29, 1.82) is 0 Å². The van der Waals surface area contributed by atoms with Gasteiger partial charge in [-0.15, -0.1) is 0 Å². The summed E-state index contributed by atoms with van der Waals surface area (Å²) in [5.74, 6) is -0.557. The molecule has 1 unspecified atom stereocenters. The van der Waals surface area contributed by atoms with Crippen LogP contribution in [0.1, 0.15) is 102 Å². The van der Waals surface area contributed by atoms with Gasteiger partial charge in [0.25, 0.3) is 0 Å². The molecule has 5 nitrogen and oxygen atoms in total. The van der Waals surface area contributed by atoms with E-state index in [0.717, 1.165) is 61.6 Å². The first kappa shape index (κ1) is 26.7. The van der Waals surface area contributed by atoms with Crippen LogP contribution in [0.5, 0.6) is 11.5 Å². The van der Waals surface area contributed by atoms with Gasteiger partial charge in [-0.05, 0) is 109 Å². The molecule has 0 saturated heterocycles. The Balaban J connectivity index is 1.44. The molecule has 7 atom stereocenters. The lowest BCUT2D eigenvalue weighted by Crippen LogP contribution is -2.62. The first-order chi connectivity index (χ1) is 19.3. The second-order valence-corrected chi connectivity index (χ2v) is 15.1. The van der Waals surface area contributed by atoms with Gasteiger partial charge < -0.3 is 20.3 Å². The Morgan fingerprint density at radius 2 is 1.59 bits per heavy atom. The van der Waals surface area contributed by atoms with E-state index in [4.69, 9.17) is 0 Å². The highest BCUT2D eigenvalue weighted by Gasteiger charge is 2.67. The molecule has 5 heteroatoms. The van der Waals surface area contributed by atoms with Crippen LogP contribution in [-0.4, -0.2) is 26.3 Å². The number of aromatic nitrogens is 1. The van der Waals surface area contributed by atoms with Crippen LogP contribution in [0.3, 0.4) is 0 Å². The van der Waals surface area contributed by atoms with E-state index in [0.29, 0.717) is 5.92 Å². The van der Waals surface area contributed by atoms with Gasteiger partial charge in [-0.3, -0.25) is 4.79 Å². The average molecular weight is 554 g/mol. The van der Waals surface area contributed by atoms with E-state index in [1.165, 1.54) is 16.5 Å². The zero-order chi connectivity index (χ0) is 29.2. The molecule has 0 bridgehead atoms. The van der Waals surface area contributed by atoms with Gasteiger partial charge in [-0.25, -0.2) is 0 Å². The van der Waals surface area contributed by atoms with E-state index >= 15 is 0 Å². The van der Waals surface area contributed by atoms with Gasteiger partial charge in [-0.1, -0.05) is 57.5 Å². The highest BCUT2D eigenvalue weighted by atomic mass is 16.4. The van der Waals surface area contributed by atoms with Crippen LogP contribution in [0.2, 0.25) is 0 Å². The number of rotatable bonds is 2. The molecule has 0 amide bonds. The number of benzene rings is 2. The number of carboxylic acids is 1. The van der Waals surface area contributed by atoms with E-state index in [1.54, 1.807) is 6.07 Å². The second-order valence-electron chi connectivity index (χ2n) is 15.1. The average Bonchev–Trinajstić information content (AvgIpc) is 3.36. The van der Waals surface area contributed by atoms with Gasteiger partial charge in [0.1, 0.15) is 0 Å². The number of nitrogens with one attached hydrogen (secondary N) is 1. The first-order valence-corrected chi connectivity index (χ1v) is 15.3. The maximum atomic E-state index is 12.5. The van der Waals surface area contributed by atoms with Gasteiger partial charge in [0.05, 0.1) is 5.41 Å². The molecule has 1 heterocycles. The molecule has 4 aliphatic carbocycles. The Bertz CT molecular complexity index is 1640. The third-order valence-corrected chi connectivity index (χ3v) is 13.2. The Morgan fingerprint density at radius 3 is 2.34 bits per heavy atom. The van der Waals surface area contributed by atoms with Gasteiger partial charge in [-0.2, -0.15) is 0 Å². The molecule has 3 saturated carbocycles. The van der Waals surface area contributed by atoms with Crippen molar-refractivity contribution in [3.63, 3.8) is 0 Å². The van der Waals surface area contributed by atoms with Gasteiger partial charge in [0.2, 0.25) is 0 Å². The van der Waals surface area contributed by atoms with Crippen molar-refractivity contribution in [2.45, 2.75) is 90.9 Å². The standard InChI is InChI=1S/C36H43NO4/c1-32-10-11-33(2,31(40)41)19-30(32)36(5)15-13-34(3)25-18-28(39)27(38)16-23(25)22(17-29(34)35(36,4)14-12-32)24-20-37-26-9-7-6-8-21(24)26/h6-9,16-18,20,22,30,37-39H,10-15,19H2,1-5H3,(H,40,41)/t22?,30-,32-,33-,34+,35-,36+/m1/s1. The smallest absolute Gasteiger partial charge is 0.309 e. The number of carboxylic acid groups (broad SMARTS) is 1. The largest absolute Gasteiger partial charge is 0.504 e. The summed E-state index contributed by atoms with van der Waals surface area (Å²) in [5, 5.41) is 32.9. The van der Waals surface area contributed by atoms with Crippen LogP contribution in [-0.2, 0) is 10.2 Å². The highest BCUT2D eigenvalue weighted by Crippen LogP contribution is 2.75. The number of allylic oxidation sites excluding steroid dienone is 2. The summed E-state index contributed by atoms with van der Waals surface area (Å²) < 4.78 is 0. The maximum absolute atomic E-state index is 12.5. The van der Waals surface area contributed by atoms with E-state index in [9.17, 15) is 20.1 Å². The minimum absolute atomic E-state index is 0.0519. The van der Waals surface area contributed by atoms with Crippen LogP contribution in [0, 0.1) is 27.6 Å². The molecule has 0 aliphatic heterocycles. The maximum Gasteiger partial charge on any atom is 0.309 e. The lowest BCUT2D eigenvalue weighted by Gasteiger charge is -2.70. The van der Waals surface area contributed by atoms with Gasteiger partial charge in [0.15, 0.2) is 11.5 Å². The van der Waals surface area contributed by atoms with Crippen LogP contribution in [0.4, 0.5) is 0 Å². The third kappa shape index (κ3) is 3.32. The molecule has 216 valence electrons. The number of phenolic OH excluding ortho intramolecular Hbond substituents is 2. The molecule has 3 fully saturated rings. The second kappa shape index (κ2) is 8.20. The predicted octanol–water partition coefficient (Wildman–Crippen LogP) is 8.41. The SMILES string of the molecule is C[C@@]1(C(=O)O)CC[C@]2(C)CC[C@]3(C)C4=CC(c5c[nH]c6ccccc56)c5cc(O)c(O)cc5[C@]4(C)CC[C@@]3(C)[C@@H]2C1. The number of hydrogen-bond donors (Lipinski definition) is 4. The highest BCUT2D eigenvalue weighted by molar-refractivity contribution is 5.85. The number of aromatic hydroxyl groups is 2. The minimum atomic E-state index is -0.685. The number of phenols is 2. The number of para-hydroxylation sites is 1. The topological polar surface area (TPSA) is 93.5 Å². The lowest BCUT2D eigenvalue weighted by atomic mass is 9.34. The third-order valence-electron chi connectivity index (χ3n) is 13.2. The monoisotopic (exact) mass is 553 g/mol. The van der Waals surface area contributed by atoms with E-state index in [2.05, 4.69) is 63.2 Å². The molecule has 0 spiro atoms. The Kier molecular flexibility index (Phi) is 5.34. The summed E-state index contributed by atoms with van der Waals surface area (Å²) in [6.07, 6.45) is 11.1. The number of fused-ring (bicyclic) bond motifs is 8. The number of aliphatic carboxylic acids is 1. The van der Waals surface area contributed by atoms with E-state index in [-0.39, 0.29) is 39.1 Å². The lowest BCUT2D eigenvalue weighted by molar-refractivity contribution is -0.177. The van der Waals surface area contributed by atoms with E-state index in [1.807, 2.05) is 19.1 Å². The van der Waals surface area contributed by atoms with Gasteiger partial charge in [0, 0.05) is 28.4 Å². The molecule has 2 aromatic carbocycles. The molecule has 41 heavy (non-hydrogen) atoms. The zero-order valence-electron chi connectivity index (χ0n) is 25.0. The molecule has 1 aromatic heterocycles. The first-order valence-electron chi connectivity index (χ1n) is 15.3. The molecular formula is C36H43NO4. The number of H-pyrrole nitrogens is 1. The van der Waals surface area contributed by atoms with Crippen molar-refractivity contribution >= 4 is 16.9 Å². The van der Waals surface area contributed by atoms with Crippen molar-refractivity contribution < 1.29 is 20.1 Å². The fourth-order valence-electron chi connectivity index (χ4n) is 10.2. The fraction of sp³-hybridized carbons (Fsp3) is 0.528. The number of carbonyl (C=O) groups is 1. The summed E-state index contributed by atoms with van der Waals surface area (Å²) in [4.78, 5) is 16.0. The zero-order valence-corrected chi connectivity index (χ0v) is 25.0. The minimum Gasteiger partial charge on any atom is -0.504 e. The molecule has 7 rings (SSSR count). The predicted molar refractivity (Wildman–Crippen MR) is 161 cm³/mol. The summed E-state index contributed by atoms with van der Waals surface area (Å²) in [7, 11) is 0. The van der Waals surface area contributed by atoms with Crippen LogP contribution < -0.4 is 0 Å². The van der Waals surface area contributed by atoms with Crippen molar-refractivity contribution in [2.24, 2.45) is 27.6 Å². The molecule has 0 radical (unpaired) electrons. The normalized spacial score (nSPS) is 39.7. The van der Waals surface area contributed by atoms with Crippen LogP contribution in [0.15, 0.2) is 54.2 Å². The van der Waals surface area contributed by atoms with Crippen molar-refractivity contribution in [2.75, 3.05) is 0 Å². The Hall–Kier alpha value is -3.21. The number of aromatic amines is 1. The quantitative estimate of drug-likeness (QED) is 0.189. The van der Waals surface area contributed by atoms with Crippen LogP contribution in [0.25, 0.3) is 10.9 Å². The Labute approximate surface area is 242 Å². The Morgan fingerprint density at radius 1 is 0.878 bits per heavy atom. The van der Waals surface area contributed by atoms with Crippen molar-refractivity contribution in [1.82, 2.24) is 4.98 Å². The summed E-state index contributed by atoms with van der Waals surface area (Å²) >= 11 is 0. The summed E-state index contributed by atoms with van der Waals surface area (Å²) in [5.41, 5.74) is 4.85.